The van der Waals surface area contributed by atoms with E-state index in [1.165, 1.54) is 7.11 Å². The van der Waals surface area contributed by atoms with Crippen LogP contribution in [0.2, 0.25) is 0 Å². The molecule has 0 heterocycles. The van der Waals surface area contributed by atoms with E-state index >= 15 is 0 Å². The lowest BCUT2D eigenvalue weighted by atomic mass is 10.0. The van der Waals surface area contributed by atoms with Crippen LogP contribution < -0.4 is 21.1 Å². The Morgan fingerprint density at radius 3 is 2.48 bits per heavy atom. The fourth-order valence-electron chi connectivity index (χ4n) is 1.92. The largest absolute Gasteiger partial charge is 0.497 e. The van der Waals surface area contributed by atoms with Crippen molar-refractivity contribution in [1.29, 1.82) is 0 Å². The molecule has 0 saturated heterocycles. The molecule has 128 valence electrons. The first kappa shape index (κ1) is 19.3. The standard InChI is InChI=1S/C16H23N3O3.ClH/c1-9(10(2)17)15(20)19-14-7-6-12(22-3)8-13(14)16(21)18-11-4-5-11;/h6-11H,4-5,17H2,1-3H3,(H,18,21)(H,19,20);1H. The highest BCUT2D eigenvalue weighted by Gasteiger charge is 2.26. The van der Waals surface area contributed by atoms with Gasteiger partial charge in [-0.1, -0.05) is 6.92 Å². The van der Waals surface area contributed by atoms with E-state index in [9.17, 15) is 9.59 Å². The number of nitrogens with one attached hydrogen (secondary N) is 2. The zero-order valence-corrected chi connectivity index (χ0v) is 14.4. The van der Waals surface area contributed by atoms with Crippen molar-refractivity contribution in [3.8, 4) is 5.75 Å². The number of nitrogens with two attached hydrogens (primary N) is 1. The zero-order valence-electron chi connectivity index (χ0n) is 13.6. The maximum Gasteiger partial charge on any atom is 0.253 e. The molecule has 1 aliphatic carbocycles. The second-order valence-corrected chi connectivity index (χ2v) is 5.80. The Hall–Kier alpha value is -1.79. The molecule has 2 atom stereocenters. The summed E-state index contributed by atoms with van der Waals surface area (Å²) in [5.41, 5.74) is 6.62. The van der Waals surface area contributed by atoms with E-state index in [0.29, 0.717) is 17.0 Å². The van der Waals surface area contributed by atoms with Crippen LogP contribution in [-0.4, -0.2) is 31.0 Å². The summed E-state index contributed by atoms with van der Waals surface area (Å²) in [4.78, 5) is 24.5. The molecule has 0 aliphatic heterocycles. The predicted octanol–water partition coefficient (Wildman–Crippen LogP) is 1.93. The minimum atomic E-state index is -0.346. The number of rotatable bonds is 6. The summed E-state index contributed by atoms with van der Waals surface area (Å²) in [6, 6.07) is 4.99. The van der Waals surface area contributed by atoms with Crippen molar-refractivity contribution in [2.24, 2.45) is 11.7 Å². The number of ether oxygens (including phenoxy) is 1. The first-order chi connectivity index (χ1) is 10.4. The SMILES string of the molecule is COc1ccc(NC(=O)C(C)C(C)N)c(C(=O)NC2CC2)c1.Cl. The van der Waals surface area contributed by atoms with Gasteiger partial charge in [0.1, 0.15) is 5.75 Å². The van der Waals surface area contributed by atoms with Gasteiger partial charge in [-0.05, 0) is 38.0 Å². The van der Waals surface area contributed by atoms with Crippen LogP contribution in [0.25, 0.3) is 0 Å². The van der Waals surface area contributed by atoms with E-state index in [4.69, 9.17) is 10.5 Å². The van der Waals surface area contributed by atoms with Gasteiger partial charge >= 0.3 is 0 Å². The van der Waals surface area contributed by atoms with Crippen molar-refractivity contribution in [1.82, 2.24) is 5.32 Å². The van der Waals surface area contributed by atoms with E-state index in [-0.39, 0.29) is 42.2 Å². The summed E-state index contributed by atoms with van der Waals surface area (Å²) >= 11 is 0. The van der Waals surface area contributed by atoms with E-state index in [1.54, 1.807) is 32.0 Å². The predicted molar refractivity (Wildman–Crippen MR) is 92.2 cm³/mol. The third-order valence-electron chi connectivity index (χ3n) is 3.84. The van der Waals surface area contributed by atoms with Gasteiger partial charge in [0.05, 0.1) is 24.3 Å². The third kappa shape index (κ3) is 5.11. The lowest BCUT2D eigenvalue weighted by molar-refractivity contribution is -0.119. The quantitative estimate of drug-likeness (QED) is 0.737. The van der Waals surface area contributed by atoms with Crippen LogP contribution in [0.15, 0.2) is 18.2 Å². The number of hydrogen-bond donors (Lipinski definition) is 3. The van der Waals surface area contributed by atoms with Gasteiger partial charge < -0.3 is 21.1 Å². The lowest BCUT2D eigenvalue weighted by Gasteiger charge is -2.17. The molecule has 0 spiro atoms. The van der Waals surface area contributed by atoms with Gasteiger partial charge in [0.15, 0.2) is 0 Å². The Morgan fingerprint density at radius 1 is 1.30 bits per heavy atom. The number of halogens is 1. The van der Waals surface area contributed by atoms with Crippen LogP contribution in [0.4, 0.5) is 5.69 Å². The number of hydrogen-bond acceptors (Lipinski definition) is 4. The van der Waals surface area contributed by atoms with Gasteiger partial charge in [0.2, 0.25) is 5.91 Å². The van der Waals surface area contributed by atoms with Crippen LogP contribution in [0, 0.1) is 5.92 Å². The molecular formula is C16H24ClN3O3. The van der Waals surface area contributed by atoms with Crippen LogP contribution in [0.5, 0.6) is 5.75 Å². The van der Waals surface area contributed by atoms with Gasteiger partial charge in [-0.3, -0.25) is 9.59 Å². The Labute approximate surface area is 142 Å². The van der Waals surface area contributed by atoms with Gasteiger partial charge in [-0.2, -0.15) is 0 Å². The van der Waals surface area contributed by atoms with E-state index in [0.717, 1.165) is 12.8 Å². The number of amides is 2. The lowest BCUT2D eigenvalue weighted by Crippen LogP contribution is -2.35. The van der Waals surface area contributed by atoms with Crippen LogP contribution in [0.3, 0.4) is 0 Å². The van der Waals surface area contributed by atoms with Crippen molar-refractivity contribution < 1.29 is 14.3 Å². The average Bonchev–Trinajstić information content (AvgIpc) is 3.30. The molecule has 0 radical (unpaired) electrons. The molecule has 2 unspecified atom stereocenters. The van der Waals surface area contributed by atoms with Crippen molar-refractivity contribution in [2.45, 2.75) is 38.8 Å². The fourth-order valence-corrected chi connectivity index (χ4v) is 1.92. The molecule has 1 aromatic rings. The third-order valence-corrected chi connectivity index (χ3v) is 3.84. The minimum Gasteiger partial charge on any atom is -0.497 e. The normalized spacial score (nSPS) is 15.8. The van der Waals surface area contributed by atoms with E-state index in [2.05, 4.69) is 10.6 Å². The van der Waals surface area contributed by atoms with Crippen LogP contribution in [0.1, 0.15) is 37.0 Å². The molecular weight excluding hydrogens is 318 g/mol. The highest BCUT2D eigenvalue weighted by atomic mass is 35.5. The monoisotopic (exact) mass is 341 g/mol. The van der Waals surface area contributed by atoms with Crippen molar-refractivity contribution in [3.05, 3.63) is 23.8 Å². The van der Waals surface area contributed by atoms with Crippen molar-refractivity contribution in [3.63, 3.8) is 0 Å². The van der Waals surface area contributed by atoms with Gasteiger partial charge in [-0.15, -0.1) is 12.4 Å². The van der Waals surface area contributed by atoms with E-state index < -0.39 is 0 Å². The Balaban J connectivity index is 0.00000264. The molecule has 23 heavy (non-hydrogen) atoms. The summed E-state index contributed by atoms with van der Waals surface area (Å²) in [5.74, 6) is -0.188. The van der Waals surface area contributed by atoms with Crippen molar-refractivity contribution >= 4 is 29.9 Å². The number of anilines is 1. The highest BCUT2D eigenvalue weighted by molar-refractivity contribution is 6.04. The average molecular weight is 342 g/mol. The first-order valence-corrected chi connectivity index (χ1v) is 7.47. The maximum absolute atomic E-state index is 12.3. The Morgan fingerprint density at radius 2 is 1.96 bits per heavy atom. The molecule has 0 aromatic heterocycles. The maximum atomic E-state index is 12.3. The number of benzene rings is 1. The summed E-state index contributed by atoms with van der Waals surface area (Å²) in [5, 5.41) is 5.70. The number of methoxy groups -OCH3 is 1. The van der Waals surface area contributed by atoms with Gasteiger partial charge in [-0.25, -0.2) is 0 Å². The van der Waals surface area contributed by atoms with Crippen LogP contribution >= 0.6 is 12.4 Å². The highest BCUT2D eigenvalue weighted by Crippen LogP contribution is 2.25. The molecule has 2 amide bonds. The van der Waals surface area contributed by atoms with Crippen LogP contribution in [-0.2, 0) is 4.79 Å². The zero-order chi connectivity index (χ0) is 16.3. The number of carbonyl (C=O) groups excluding carboxylic acids is 2. The fraction of sp³-hybridized carbons (Fsp3) is 0.500. The molecule has 4 N–H and O–H groups in total. The first-order valence-electron chi connectivity index (χ1n) is 7.47. The van der Waals surface area contributed by atoms with E-state index in [1.807, 2.05) is 0 Å². The molecule has 1 fully saturated rings. The molecule has 6 nitrogen and oxygen atoms in total. The number of carbonyl (C=O) groups is 2. The van der Waals surface area contributed by atoms with Gasteiger partial charge in [0.25, 0.3) is 5.91 Å². The molecule has 1 aliphatic rings. The Bertz CT molecular complexity index is 574. The molecule has 0 bridgehead atoms. The molecule has 1 aromatic carbocycles. The Kier molecular flexibility index (Phi) is 6.84. The summed E-state index contributed by atoms with van der Waals surface area (Å²) in [6.45, 7) is 3.53. The molecule has 1 saturated carbocycles. The summed E-state index contributed by atoms with van der Waals surface area (Å²) in [6.07, 6.45) is 2.00. The minimum absolute atomic E-state index is 0. The van der Waals surface area contributed by atoms with Gasteiger partial charge in [0, 0.05) is 12.1 Å². The summed E-state index contributed by atoms with van der Waals surface area (Å²) < 4.78 is 5.16. The topological polar surface area (TPSA) is 93.4 Å². The summed E-state index contributed by atoms with van der Waals surface area (Å²) in [7, 11) is 1.54. The second-order valence-electron chi connectivity index (χ2n) is 5.80. The smallest absolute Gasteiger partial charge is 0.253 e. The molecule has 7 heteroatoms. The molecule has 2 rings (SSSR count). The van der Waals surface area contributed by atoms with Crippen molar-refractivity contribution in [2.75, 3.05) is 12.4 Å². The second kappa shape index (κ2) is 8.17.